The van der Waals surface area contributed by atoms with Gasteiger partial charge in [0, 0.05) is 7.05 Å². The Bertz CT molecular complexity index is 925. The molecule has 0 radical (unpaired) electrons. The zero-order chi connectivity index (χ0) is 16.2. The summed E-state index contributed by atoms with van der Waals surface area (Å²) in [5.74, 6) is 1.36. The number of fused-ring (bicyclic) bond motifs is 1. The van der Waals surface area contributed by atoms with Gasteiger partial charge in [0.1, 0.15) is 0 Å². The fourth-order valence-corrected chi connectivity index (χ4v) is 3.23. The molecule has 0 aliphatic rings. The average molecular weight is 327 g/mol. The Kier molecular flexibility index (Phi) is 4.43. The highest BCUT2D eigenvalue weighted by molar-refractivity contribution is 7.16. The minimum Gasteiger partial charge on any atom is -0.493 e. The third kappa shape index (κ3) is 3.12. The van der Waals surface area contributed by atoms with Gasteiger partial charge in [0.25, 0.3) is 0 Å². The van der Waals surface area contributed by atoms with E-state index in [1.807, 2.05) is 41.9 Å². The van der Waals surface area contributed by atoms with Crippen molar-refractivity contribution in [2.45, 2.75) is 0 Å². The van der Waals surface area contributed by atoms with Crippen LogP contribution in [0.25, 0.3) is 10.2 Å². The maximum absolute atomic E-state index is 5.28. The van der Waals surface area contributed by atoms with E-state index in [1.54, 1.807) is 31.8 Å². The molecule has 1 aromatic heterocycles. The Morgan fingerprint density at radius 2 is 1.83 bits per heavy atom. The van der Waals surface area contributed by atoms with E-state index < -0.39 is 0 Å². The third-order valence-corrected chi connectivity index (χ3v) is 4.58. The topological polar surface area (TPSA) is 48.1 Å². The Labute approximate surface area is 138 Å². The van der Waals surface area contributed by atoms with Crippen molar-refractivity contribution in [1.82, 2.24) is 4.57 Å². The van der Waals surface area contributed by atoms with Crippen LogP contribution in [0.15, 0.2) is 52.7 Å². The van der Waals surface area contributed by atoms with Crippen LogP contribution in [0.3, 0.4) is 0 Å². The number of benzene rings is 2. The Morgan fingerprint density at radius 1 is 1.04 bits per heavy atom. The van der Waals surface area contributed by atoms with Gasteiger partial charge in [-0.05, 0) is 35.9 Å². The normalized spacial score (nSPS) is 12.2. The van der Waals surface area contributed by atoms with Gasteiger partial charge in [-0.1, -0.05) is 23.5 Å². The molecule has 0 aliphatic carbocycles. The zero-order valence-electron chi connectivity index (χ0n) is 13.2. The molecule has 0 unspecified atom stereocenters. The molecule has 0 spiro atoms. The van der Waals surface area contributed by atoms with Crippen LogP contribution in [-0.4, -0.2) is 25.0 Å². The van der Waals surface area contributed by atoms with Gasteiger partial charge in [-0.3, -0.25) is 0 Å². The molecule has 5 nitrogen and oxygen atoms in total. The number of para-hydroxylation sites is 1. The number of rotatable bonds is 4. The summed E-state index contributed by atoms with van der Waals surface area (Å²) in [6, 6.07) is 13.8. The summed E-state index contributed by atoms with van der Waals surface area (Å²) >= 11 is 1.61. The predicted molar refractivity (Wildman–Crippen MR) is 93.5 cm³/mol. The minimum atomic E-state index is 0.670. The van der Waals surface area contributed by atoms with Crippen molar-refractivity contribution in [3.05, 3.63) is 52.8 Å². The van der Waals surface area contributed by atoms with E-state index in [-0.39, 0.29) is 0 Å². The number of hydrogen-bond acceptors (Lipinski definition) is 5. The van der Waals surface area contributed by atoms with Gasteiger partial charge in [-0.2, -0.15) is 5.10 Å². The maximum atomic E-state index is 5.28. The molecule has 0 bridgehead atoms. The van der Waals surface area contributed by atoms with Crippen LogP contribution < -0.4 is 14.3 Å². The van der Waals surface area contributed by atoms with E-state index in [1.165, 1.54) is 4.70 Å². The molecule has 0 N–H and O–H groups in total. The number of ether oxygens (including phenoxy) is 2. The lowest BCUT2D eigenvalue weighted by molar-refractivity contribution is 0.355. The molecule has 3 rings (SSSR count). The Morgan fingerprint density at radius 3 is 2.57 bits per heavy atom. The molecule has 0 fully saturated rings. The van der Waals surface area contributed by atoms with Crippen molar-refractivity contribution in [3.63, 3.8) is 0 Å². The van der Waals surface area contributed by atoms with E-state index in [4.69, 9.17) is 9.47 Å². The van der Waals surface area contributed by atoms with Crippen LogP contribution in [-0.2, 0) is 7.05 Å². The summed E-state index contributed by atoms with van der Waals surface area (Å²) in [6.45, 7) is 0. The molecular weight excluding hydrogens is 310 g/mol. The molecule has 23 heavy (non-hydrogen) atoms. The fourth-order valence-electron chi connectivity index (χ4n) is 2.26. The van der Waals surface area contributed by atoms with Crippen molar-refractivity contribution in [2.24, 2.45) is 17.3 Å². The van der Waals surface area contributed by atoms with Crippen LogP contribution in [0, 0.1) is 0 Å². The highest BCUT2D eigenvalue weighted by atomic mass is 32.1. The Hall–Kier alpha value is -2.60. The van der Waals surface area contributed by atoms with E-state index in [2.05, 4.69) is 22.3 Å². The van der Waals surface area contributed by atoms with E-state index in [0.29, 0.717) is 11.5 Å². The standard InChI is InChI=1S/C17H17N3O2S/c1-20-13-6-4-5-7-16(13)23-17(20)19-18-11-12-8-9-14(21-2)15(10-12)22-3/h4-11H,1-3H3. The first kappa shape index (κ1) is 15.3. The fraction of sp³-hybridized carbons (Fsp3) is 0.176. The Balaban J connectivity index is 1.92. The van der Waals surface area contributed by atoms with Gasteiger partial charge >= 0.3 is 0 Å². The summed E-state index contributed by atoms with van der Waals surface area (Å²) in [5, 5.41) is 8.51. The zero-order valence-corrected chi connectivity index (χ0v) is 14.0. The second-order valence-electron chi connectivity index (χ2n) is 4.87. The number of hydrogen-bond donors (Lipinski definition) is 0. The lowest BCUT2D eigenvalue weighted by atomic mass is 10.2. The summed E-state index contributed by atoms with van der Waals surface area (Å²) < 4.78 is 13.7. The van der Waals surface area contributed by atoms with Gasteiger partial charge < -0.3 is 14.0 Å². The van der Waals surface area contributed by atoms with Crippen LogP contribution in [0.5, 0.6) is 11.5 Å². The van der Waals surface area contributed by atoms with Gasteiger partial charge in [0.15, 0.2) is 11.5 Å². The van der Waals surface area contributed by atoms with Crippen molar-refractivity contribution in [1.29, 1.82) is 0 Å². The average Bonchev–Trinajstić information content (AvgIpc) is 2.91. The largest absolute Gasteiger partial charge is 0.493 e. The minimum absolute atomic E-state index is 0.670. The maximum Gasteiger partial charge on any atom is 0.211 e. The van der Waals surface area contributed by atoms with Gasteiger partial charge in [0.05, 0.1) is 30.7 Å². The third-order valence-electron chi connectivity index (χ3n) is 3.47. The number of thiazole rings is 1. The van der Waals surface area contributed by atoms with Crippen molar-refractivity contribution >= 4 is 27.8 Å². The molecule has 118 valence electrons. The van der Waals surface area contributed by atoms with Crippen molar-refractivity contribution < 1.29 is 9.47 Å². The van der Waals surface area contributed by atoms with Crippen LogP contribution in [0.2, 0.25) is 0 Å². The quantitative estimate of drug-likeness (QED) is 0.546. The second kappa shape index (κ2) is 6.66. The van der Waals surface area contributed by atoms with E-state index >= 15 is 0 Å². The molecule has 2 aromatic carbocycles. The molecule has 0 saturated heterocycles. The first-order chi connectivity index (χ1) is 11.2. The van der Waals surface area contributed by atoms with E-state index in [0.717, 1.165) is 15.9 Å². The molecule has 1 heterocycles. The second-order valence-corrected chi connectivity index (χ2v) is 5.88. The summed E-state index contributed by atoms with van der Waals surface area (Å²) in [6.07, 6.45) is 1.70. The monoisotopic (exact) mass is 327 g/mol. The van der Waals surface area contributed by atoms with Gasteiger partial charge in [-0.15, -0.1) is 5.10 Å². The summed E-state index contributed by atoms with van der Waals surface area (Å²) in [5.41, 5.74) is 2.05. The van der Waals surface area contributed by atoms with Crippen LogP contribution in [0.1, 0.15) is 5.56 Å². The number of nitrogens with zero attached hydrogens (tertiary/aromatic N) is 3. The molecule has 0 saturated carbocycles. The highest BCUT2D eigenvalue weighted by Gasteiger charge is 2.03. The van der Waals surface area contributed by atoms with Crippen molar-refractivity contribution in [3.8, 4) is 11.5 Å². The summed E-state index contributed by atoms with van der Waals surface area (Å²) in [7, 11) is 5.21. The lowest BCUT2D eigenvalue weighted by Crippen LogP contribution is -2.08. The van der Waals surface area contributed by atoms with Gasteiger partial charge in [-0.25, -0.2) is 0 Å². The first-order valence-corrected chi connectivity index (χ1v) is 7.88. The number of aryl methyl sites for hydroxylation is 1. The predicted octanol–water partition coefficient (Wildman–Crippen LogP) is 3.19. The molecule has 3 aromatic rings. The number of methoxy groups -OCH3 is 2. The van der Waals surface area contributed by atoms with Crippen molar-refractivity contribution in [2.75, 3.05) is 14.2 Å². The smallest absolute Gasteiger partial charge is 0.211 e. The lowest BCUT2D eigenvalue weighted by Gasteiger charge is -2.06. The van der Waals surface area contributed by atoms with Crippen LogP contribution in [0.4, 0.5) is 0 Å². The van der Waals surface area contributed by atoms with Crippen LogP contribution >= 0.6 is 11.3 Å². The van der Waals surface area contributed by atoms with Gasteiger partial charge in [0.2, 0.25) is 4.80 Å². The van der Waals surface area contributed by atoms with E-state index in [9.17, 15) is 0 Å². The SMILES string of the molecule is COc1ccc(C=NN=c2sc3ccccc3n2C)cc1OC. The molecule has 0 amide bonds. The highest BCUT2D eigenvalue weighted by Crippen LogP contribution is 2.26. The molecule has 0 aliphatic heterocycles. The molecule has 0 atom stereocenters. The molecular formula is C17H17N3O2S. The molecule has 6 heteroatoms. The summed E-state index contributed by atoms with van der Waals surface area (Å²) in [4.78, 5) is 0.850. The first-order valence-electron chi connectivity index (χ1n) is 7.06. The number of aromatic nitrogens is 1.